The molecule has 0 saturated heterocycles. The molecule has 0 spiro atoms. The first-order valence-electron chi connectivity index (χ1n) is 7.94. The lowest BCUT2D eigenvalue weighted by molar-refractivity contribution is -0.123. The molecule has 0 saturated carbocycles. The normalized spacial score (nSPS) is 10.7. The van der Waals surface area contributed by atoms with Crippen LogP contribution in [0, 0.1) is 13.8 Å². The van der Waals surface area contributed by atoms with E-state index in [0.29, 0.717) is 18.1 Å². The van der Waals surface area contributed by atoms with Gasteiger partial charge in [-0.15, -0.1) is 0 Å². The summed E-state index contributed by atoms with van der Waals surface area (Å²) in [5, 5.41) is 3.97. The van der Waals surface area contributed by atoms with Gasteiger partial charge in [-0.3, -0.25) is 4.79 Å². The number of rotatable bonds is 7. The van der Waals surface area contributed by atoms with Crippen LogP contribution in [-0.4, -0.2) is 25.3 Å². The molecule has 0 aliphatic rings. The summed E-state index contributed by atoms with van der Waals surface area (Å²) in [6.45, 7) is 6.33. The summed E-state index contributed by atoms with van der Waals surface area (Å²) in [5.74, 6) is 1.07. The molecule has 25 heavy (non-hydrogen) atoms. The van der Waals surface area contributed by atoms with Crippen molar-refractivity contribution < 1.29 is 14.3 Å². The van der Waals surface area contributed by atoms with Crippen LogP contribution >= 0.6 is 15.9 Å². The number of halogens is 1. The third-order valence-electron chi connectivity index (χ3n) is 3.58. The lowest BCUT2D eigenvalue weighted by Crippen LogP contribution is -2.24. The summed E-state index contributed by atoms with van der Waals surface area (Å²) < 4.78 is 12.0. The number of hydrazone groups is 1. The van der Waals surface area contributed by atoms with Gasteiger partial charge in [-0.25, -0.2) is 5.43 Å². The van der Waals surface area contributed by atoms with Gasteiger partial charge >= 0.3 is 0 Å². The van der Waals surface area contributed by atoms with Crippen molar-refractivity contribution in [3.05, 3.63) is 57.6 Å². The van der Waals surface area contributed by atoms with Crippen molar-refractivity contribution in [2.24, 2.45) is 5.10 Å². The van der Waals surface area contributed by atoms with E-state index in [1.165, 1.54) is 0 Å². The standard InChI is InChI=1S/C19H21BrN2O3/c1-4-24-18-9-8-16(20)10-15(18)11-21-22-19(23)12-25-17-7-5-6-13(2)14(17)3/h5-11H,4,12H2,1-3H3,(H,22,23)/b21-11+. The van der Waals surface area contributed by atoms with Crippen LogP contribution in [-0.2, 0) is 4.79 Å². The van der Waals surface area contributed by atoms with Gasteiger partial charge in [0.15, 0.2) is 6.61 Å². The topological polar surface area (TPSA) is 59.9 Å². The van der Waals surface area contributed by atoms with Crippen molar-refractivity contribution in [1.29, 1.82) is 0 Å². The Morgan fingerprint density at radius 1 is 1.20 bits per heavy atom. The van der Waals surface area contributed by atoms with Crippen LogP contribution in [0.3, 0.4) is 0 Å². The molecule has 0 aliphatic carbocycles. The maximum Gasteiger partial charge on any atom is 0.277 e. The zero-order valence-corrected chi connectivity index (χ0v) is 16.1. The molecule has 0 atom stereocenters. The van der Waals surface area contributed by atoms with Gasteiger partial charge in [0.25, 0.3) is 5.91 Å². The molecule has 1 amide bonds. The van der Waals surface area contributed by atoms with Crippen molar-refractivity contribution in [3.63, 3.8) is 0 Å². The summed E-state index contributed by atoms with van der Waals surface area (Å²) in [5.41, 5.74) is 5.37. The Morgan fingerprint density at radius 2 is 2.00 bits per heavy atom. The van der Waals surface area contributed by atoms with E-state index in [1.807, 2.05) is 57.2 Å². The van der Waals surface area contributed by atoms with E-state index >= 15 is 0 Å². The molecular formula is C19H21BrN2O3. The molecule has 6 heteroatoms. The smallest absolute Gasteiger partial charge is 0.277 e. The second kappa shape index (κ2) is 9.22. The monoisotopic (exact) mass is 404 g/mol. The van der Waals surface area contributed by atoms with E-state index in [1.54, 1.807) is 6.21 Å². The Morgan fingerprint density at radius 3 is 2.76 bits per heavy atom. The zero-order chi connectivity index (χ0) is 18.2. The molecule has 132 valence electrons. The van der Waals surface area contributed by atoms with Crippen LogP contribution in [0.15, 0.2) is 46.0 Å². The van der Waals surface area contributed by atoms with Crippen LogP contribution in [0.2, 0.25) is 0 Å². The third-order valence-corrected chi connectivity index (χ3v) is 4.07. The van der Waals surface area contributed by atoms with Crippen molar-refractivity contribution in [2.75, 3.05) is 13.2 Å². The number of hydrogen-bond acceptors (Lipinski definition) is 4. The Kier molecular flexibility index (Phi) is 7.01. The number of benzene rings is 2. The molecule has 2 rings (SSSR count). The Hall–Kier alpha value is -2.34. The predicted molar refractivity (Wildman–Crippen MR) is 102 cm³/mol. The molecule has 0 aromatic heterocycles. The third kappa shape index (κ3) is 5.60. The highest BCUT2D eigenvalue weighted by atomic mass is 79.9. The van der Waals surface area contributed by atoms with Gasteiger partial charge in [-0.05, 0) is 56.2 Å². The number of aryl methyl sites for hydroxylation is 1. The van der Waals surface area contributed by atoms with E-state index in [-0.39, 0.29) is 12.5 Å². The molecule has 2 aromatic rings. The molecule has 0 aliphatic heterocycles. The van der Waals surface area contributed by atoms with E-state index in [4.69, 9.17) is 9.47 Å². The van der Waals surface area contributed by atoms with Crippen molar-refractivity contribution in [2.45, 2.75) is 20.8 Å². The van der Waals surface area contributed by atoms with E-state index in [2.05, 4.69) is 26.5 Å². The zero-order valence-electron chi connectivity index (χ0n) is 14.5. The molecule has 2 aromatic carbocycles. The minimum atomic E-state index is -0.329. The fourth-order valence-electron chi connectivity index (χ4n) is 2.14. The number of carbonyl (C=O) groups is 1. The molecule has 0 fully saturated rings. The largest absolute Gasteiger partial charge is 0.493 e. The summed E-state index contributed by atoms with van der Waals surface area (Å²) >= 11 is 3.41. The second-order valence-electron chi connectivity index (χ2n) is 5.40. The van der Waals surface area contributed by atoms with Crippen LogP contribution in [0.25, 0.3) is 0 Å². The van der Waals surface area contributed by atoms with Crippen molar-refractivity contribution in [3.8, 4) is 11.5 Å². The number of ether oxygens (including phenoxy) is 2. The molecule has 5 nitrogen and oxygen atoms in total. The van der Waals surface area contributed by atoms with Crippen LogP contribution in [0.4, 0.5) is 0 Å². The summed E-state index contributed by atoms with van der Waals surface area (Å²) in [6, 6.07) is 11.3. The fourth-order valence-corrected chi connectivity index (χ4v) is 2.52. The average molecular weight is 405 g/mol. The van der Waals surface area contributed by atoms with Gasteiger partial charge in [0.2, 0.25) is 0 Å². The lowest BCUT2D eigenvalue weighted by Gasteiger charge is -2.10. The number of carbonyl (C=O) groups excluding carboxylic acids is 1. The number of hydrogen-bond donors (Lipinski definition) is 1. The number of nitrogens with one attached hydrogen (secondary N) is 1. The Labute approximate surface area is 156 Å². The van der Waals surface area contributed by atoms with E-state index in [9.17, 15) is 4.79 Å². The Balaban J connectivity index is 1.92. The van der Waals surface area contributed by atoms with Crippen LogP contribution in [0.5, 0.6) is 11.5 Å². The first kappa shape index (κ1) is 19.0. The van der Waals surface area contributed by atoms with Gasteiger partial charge in [-0.2, -0.15) is 5.10 Å². The molecule has 0 heterocycles. The Bertz CT molecular complexity index is 775. The summed E-state index contributed by atoms with van der Waals surface area (Å²) in [7, 11) is 0. The first-order chi connectivity index (χ1) is 12.0. The predicted octanol–water partition coefficient (Wildman–Crippen LogP) is 3.99. The molecule has 1 N–H and O–H groups in total. The van der Waals surface area contributed by atoms with Crippen LogP contribution < -0.4 is 14.9 Å². The van der Waals surface area contributed by atoms with Crippen molar-refractivity contribution in [1.82, 2.24) is 5.43 Å². The highest BCUT2D eigenvalue weighted by molar-refractivity contribution is 9.10. The van der Waals surface area contributed by atoms with Crippen molar-refractivity contribution >= 4 is 28.1 Å². The van der Waals surface area contributed by atoms with Gasteiger partial charge in [0, 0.05) is 10.0 Å². The van der Waals surface area contributed by atoms with Gasteiger partial charge in [-0.1, -0.05) is 28.1 Å². The first-order valence-corrected chi connectivity index (χ1v) is 8.73. The van der Waals surface area contributed by atoms with Gasteiger partial charge in [0.1, 0.15) is 11.5 Å². The van der Waals surface area contributed by atoms with Gasteiger partial charge in [0.05, 0.1) is 12.8 Å². The minimum absolute atomic E-state index is 0.0988. The quantitative estimate of drug-likeness (QED) is 0.560. The SMILES string of the molecule is CCOc1ccc(Br)cc1/C=N/NC(=O)COc1cccc(C)c1C. The highest BCUT2D eigenvalue weighted by Gasteiger charge is 2.06. The maximum atomic E-state index is 11.9. The number of nitrogens with zero attached hydrogens (tertiary/aromatic N) is 1. The van der Waals surface area contributed by atoms with Gasteiger partial charge < -0.3 is 9.47 Å². The van der Waals surface area contributed by atoms with E-state index < -0.39 is 0 Å². The summed E-state index contributed by atoms with van der Waals surface area (Å²) in [6.07, 6.45) is 1.55. The minimum Gasteiger partial charge on any atom is -0.493 e. The number of amides is 1. The van der Waals surface area contributed by atoms with Crippen LogP contribution in [0.1, 0.15) is 23.6 Å². The highest BCUT2D eigenvalue weighted by Crippen LogP contribution is 2.22. The fraction of sp³-hybridized carbons (Fsp3) is 0.263. The average Bonchev–Trinajstić information content (AvgIpc) is 2.58. The van der Waals surface area contributed by atoms with E-state index in [0.717, 1.165) is 21.2 Å². The molecular weight excluding hydrogens is 384 g/mol. The summed E-state index contributed by atoms with van der Waals surface area (Å²) in [4.78, 5) is 11.9. The molecule has 0 radical (unpaired) electrons. The molecule has 0 bridgehead atoms. The maximum absolute atomic E-state index is 11.9. The lowest BCUT2D eigenvalue weighted by atomic mass is 10.1. The second-order valence-corrected chi connectivity index (χ2v) is 6.31. The molecule has 0 unspecified atom stereocenters.